The molecule has 1 heterocycles. The first-order valence-electron chi connectivity index (χ1n) is 9.87. The number of halogens is 1. The van der Waals surface area contributed by atoms with Crippen molar-refractivity contribution in [3.05, 3.63) is 58.4 Å². The molecule has 0 saturated carbocycles. The van der Waals surface area contributed by atoms with Crippen LogP contribution < -0.4 is 10.1 Å². The van der Waals surface area contributed by atoms with Gasteiger partial charge in [0.05, 0.1) is 23.9 Å². The lowest BCUT2D eigenvalue weighted by Crippen LogP contribution is -2.16. The minimum Gasteiger partial charge on any atom is -0.497 e. The Morgan fingerprint density at radius 2 is 2.00 bits per heavy atom. The Morgan fingerprint density at radius 3 is 2.66 bits per heavy atom. The van der Waals surface area contributed by atoms with Gasteiger partial charge in [-0.3, -0.25) is 14.9 Å². The fourth-order valence-corrected chi connectivity index (χ4v) is 3.71. The lowest BCUT2D eigenvalue weighted by molar-refractivity contribution is -0.384. The fourth-order valence-electron chi connectivity index (χ4n) is 2.94. The van der Waals surface area contributed by atoms with Gasteiger partial charge in [-0.15, -0.1) is 10.2 Å². The highest BCUT2D eigenvalue weighted by Gasteiger charge is 2.19. The predicted molar refractivity (Wildman–Crippen MR) is 119 cm³/mol. The van der Waals surface area contributed by atoms with Crippen LogP contribution in [0.2, 0.25) is 0 Å². The van der Waals surface area contributed by atoms with Crippen LogP contribution in [0.5, 0.6) is 5.75 Å². The van der Waals surface area contributed by atoms with Crippen LogP contribution in [0, 0.1) is 15.9 Å². The number of ether oxygens (including phenoxy) is 1. The molecule has 11 heteroatoms. The second-order valence-electron chi connectivity index (χ2n) is 6.80. The van der Waals surface area contributed by atoms with Crippen LogP contribution in [-0.4, -0.2) is 38.5 Å². The molecule has 1 aromatic heterocycles. The molecule has 0 aliphatic rings. The largest absolute Gasteiger partial charge is 0.497 e. The summed E-state index contributed by atoms with van der Waals surface area (Å²) in [6, 6.07) is 10.4. The van der Waals surface area contributed by atoms with Gasteiger partial charge in [0.2, 0.25) is 5.91 Å². The second-order valence-corrected chi connectivity index (χ2v) is 7.74. The first-order chi connectivity index (χ1) is 15.4. The summed E-state index contributed by atoms with van der Waals surface area (Å²) in [6.07, 6.45) is 1.88. The van der Waals surface area contributed by atoms with E-state index >= 15 is 0 Å². The number of carbonyl (C=O) groups is 1. The molecule has 1 N–H and O–H groups in total. The number of unbranched alkanes of at least 4 members (excludes halogenated alkanes) is 1. The molecule has 0 bridgehead atoms. The summed E-state index contributed by atoms with van der Waals surface area (Å²) in [4.78, 5) is 22.8. The normalized spacial score (nSPS) is 10.7. The summed E-state index contributed by atoms with van der Waals surface area (Å²) in [5, 5.41) is 22.7. The van der Waals surface area contributed by atoms with Gasteiger partial charge in [-0.25, -0.2) is 4.39 Å². The molecule has 9 nitrogen and oxygen atoms in total. The van der Waals surface area contributed by atoms with E-state index in [1.807, 2.05) is 28.8 Å². The van der Waals surface area contributed by atoms with E-state index in [1.54, 1.807) is 7.11 Å². The third-order valence-electron chi connectivity index (χ3n) is 4.56. The maximum atomic E-state index is 13.3. The lowest BCUT2D eigenvalue weighted by Gasteiger charge is -2.10. The highest BCUT2D eigenvalue weighted by Crippen LogP contribution is 2.28. The van der Waals surface area contributed by atoms with E-state index in [2.05, 4.69) is 22.4 Å². The molecule has 0 fully saturated rings. The number of nitrogens with zero attached hydrogens (tertiary/aromatic N) is 4. The Morgan fingerprint density at radius 1 is 1.25 bits per heavy atom. The third-order valence-corrected chi connectivity index (χ3v) is 5.53. The molecule has 0 unspecified atom stereocenters. The van der Waals surface area contributed by atoms with Crippen LogP contribution in [0.15, 0.2) is 47.6 Å². The Labute approximate surface area is 188 Å². The van der Waals surface area contributed by atoms with Crippen molar-refractivity contribution in [2.75, 3.05) is 18.2 Å². The topological polar surface area (TPSA) is 112 Å². The molecule has 0 saturated heterocycles. The highest BCUT2D eigenvalue weighted by molar-refractivity contribution is 7.99. The Balaban J connectivity index is 1.75. The summed E-state index contributed by atoms with van der Waals surface area (Å²) < 4.78 is 20.4. The minimum absolute atomic E-state index is 0.0403. The number of anilines is 1. The van der Waals surface area contributed by atoms with Gasteiger partial charge in [-0.05, 0) is 42.8 Å². The first-order valence-corrected chi connectivity index (χ1v) is 10.9. The van der Waals surface area contributed by atoms with E-state index in [0.717, 1.165) is 36.3 Å². The molecule has 3 aromatic rings. The highest BCUT2D eigenvalue weighted by atomic mass is 32.2. The van der Waals surface area contributed by atoms with Gasteiger partial charge in [-0.1, -0.05) is 25.1 Å². The number of aromatic nitrogens is 3. The zero-order valence-electron chi connectivity index (χ0n) is 17.6. The monoisotopic (exact) mass is 459 g/mol. The van der Waals surface area contributed by atoms with E-state index in [-0.39, 0.29) is 11.4 Å². The van der Waals surface area contributed by atoms with Crippen molar-refractivity contribution >= 4 is 29.0 Å². The summed E-state index contributed by atoms with van der Waals surface area (Å²) in [7, 11) is 1.60. The number of nitro benzene ring substituents is 1. The SMILES string of the molecule is CCCCn1c(SCC(=O)Nc2ccc(F)cc2[N+](=O)[O-])nnc1-c1ccc(OC)cc1. The van der Waals surface area contributed by atoms with Crippen molar-refractivity contribution in [2.45, 2.75) is 31.5 Å². The molecule has 3 rings (SSSR count). The summed E-state index contributed by atoms with van der Waals surface area (Å²) in [6.45, 7) is 2.76. The summed E-state index contributed by atoms with van der Waals surface area (Å²) in [5.74, 6) is 0.147. The second kappa shape index (κ2) is 10.7. The maximum Gasteiger partial charge on any atom is 0.295 e. The van der Waals surface area contributed by atoms with Gasteiger partial charge in [0.25, 0.3) is 5.69 Å². The molecule has 1 amide bonds. The Kier molecular flexibility index (Phi) is 7.77. The van der Waals surface area contributed by atoms with Gasteiger partial charge < -0.3 is 14.6 Å². The van der Waals surface area contributed by atoms with E-state index < -0.39 is 22.3 Å². The minimum atomic E-state index is -0.751. The van der Waals surface area contributed by atoms with Crippen LogP contribution in [0.1, 0.15) is 19.8 Å². The Hall–Kier alpha value is -3.47. The first kappa shape index (κ1) is 23.2. The molecular formula is C21H22FN5O4S. The average Bonchev–Trinajstić information content (AvgIpc) is 3.20. The van der Waals surface area contributed by atoms with E-state index in [4.69, 9.17) is 4.74 Å². The number of rotatable bonds is 10. The number of nitrogens with one attached hydrogen (secondary N) is 1. The van der Waals surface area contributed by atoms with Crippen LogP contribution in [-0.2, 0) is 11.3 Å². The van der Waals surface area contributed by atoms with Crippen molar-refractivity contribution in [3.63, 3.8) is 0 Å². The van der Waals surface area contributed by atoms with Gasteiger partial charge in [0.1, 0.15) is 17.3 Å². The molecule has 0 spiro atoms. The molecule has 0 aliphatic heterocycles. The number of thioether (sulfide) groups is 1. The standard InChI is InChI=1S/C21H22FN5O4S/c1-3-4-11-26-20(14-5-8-16(31-2)9-6-14)24-25-21(26)32-13-19(28)23-17-10-7-15(22)12-18(17)27(29)30/h5-10,12H,3-4,11,13H2,1-2H3,(H,23,28). The summed E-state index contributed by atoms with van der Waals surface area (Å²) >= 11 is 1.17. The van der Waals surface area contributed by atoms with Crippen LogP contribution in [0.4, 0.5) is 15.8 Å². The lowest BCUT2D eigenvalue weighted by atomic mass is 10.2. The van der Waals surface area contributed by atoms with Crippen LogP contribution in [0.25, 0.3) is 11.4 Å². The van der Waals surface area contributed by atoms with Crippen molar-refractivity contribution in [3.8, 4) is 17.1 Å². The number of hydrogen-bond donors (Lipinski definition) is 1. The quantitative estimate of drug-likeness (QED) is 0.269. The molecule has 0 atom stereocenters. The number of carbonyl (C=O) groups excluding carboxylic acids is 1. The van der Waals surface area contributed by atoms with Crippen LogP contribution >= 0.6 is 11.8 Å². The van der Waals surface area contributed by atoms with Gasteiger partial charge in [0.15, 0.2) is 11.0 Å². The predicted octanol–water partition coefficient (Wildman–Crippen LogP) is 4.53. The van der Waals surface area contributed by atoms with Gasteiger partial charge in [-0.2, -0.15) is 0 Å². The molecule has 32 heavy (non-hydrogen) atoms. The maximum absolute atomic E-state index is 13.3. The zero-order valence-corrected chi connectivity index (χ0v) is 18.4. The van der Waals surface area contributed by atoms with Gasteiger partial charge >= 0.3 is 0 Å². The van der Waals surface area contributed by atoms with Crippen molar-refractivity contribution < 1.29 is 18.8 Å². The fraction of sp³-hybridized carbons (Fsp3) is 0.286. The Bertz CT molecular complexity index is 1100. The van der Waals surface area contributed by atoms with Crippen molar-refractivity contribution in [1.82, 2.24) is 14.8 Å². The smallest absolute Gasteiger partial charge is 0.295 e. The van der Waals surface area contributed by atoms with Crippen LogP contribution in [0.3, 0.4) is 0 Å². The number of methoxy groups -OCH3 is 1. The summed E-state index contributed by atoms with van der Waals surface area (Å²) in [5.41, 5.74) is 0.303. The van der Waals surface area contributed by atoms with E-state index in [0.29, 0.717) is 17.5 Å². The third kappa shape index (κ3) is 5.61. The van der Waals surface area contributed by atoms with Gasteiger partial charge in [0, 0.05) is 12.1 Å². The molecule has 168 valence electrons. The molecular weight excluding hydrogens is 437 g/mol. The number of nitro groups is 1. The molecule has 0 radical (unpaired) electrons. The van der Waals surface area contributed by atoms with E-state index in [9.17, 15) is 19.3 Å². The number of benzene rings is 2. The van der Waals surface area contributed by atoms with Crippen molar-refractivity contribution in [1.29, 1.82) is 0 Å². The van der Waals surface area contributed by atoms with E-state index in [1.165, 1.54) is 17.8 Å². The average molecular weight is 460 g/mol. The zero-order chi connectivity index (χ0) is 23.1. The number of amides is 1. The molecule has 2 aromatic carbocycles. The van der Waals surface area contributed by atoms with Crippen molar-refractivity contribution in [2.24, 2.45) is 0 Å². The number of hydrogen-bond acceptors (Lipinski definition) is 7. The molecule has 0 aliphatic carbocycles.